The van der Waals surface area contributed by atoms with Crippen molar-refractivity contribution in [3.63, 3.8) is 0 Å². The quantitative estimate of drug-likeness (QED) is 0.710. The minimum atomic E-state index is 0.445. The molecule has 16 heavy (non-hydrogen) atoms. The first-order valence-electron chi connectivity index (χ1n) is 5.07. The molecular weight excluding hydrogens is 224 g/mol. The highest BCUT2D eigenvalue weighted by Crippen LogP contribution is 2.35. The normalized spacial score (nSPS) is 13.3. The SMILES string of the molecule is Clc1cc(-c2cccc3c2OCC3)ncn1. The summed E-state index contributed by atoms with van der Waals surface area (Å²) < 4.78 is 5.62. The Morgan fingerprint density at radius 3 is 3.06 bits per heavy atom. The fourth-order valence-corrected chi connectivity index (χ4v) is 2.04. The number of para-hydroxylation sites is 1. The summed E-state index contributed by atoms with van der Waals surface area (Å²) in [7, 11) is 0. The van der Waals surface area contributed by atoms with Crippen molar-refractivity contribution in [1.29, 1.82) is 0 Å². The largest absolute Gasteiger partial charge is 0.492 e. The fourth-order valence-electron chi connectivity index (χ4n) is 1.90. The number of aromatic nitrogens is 2. The first-order chi connectivity index (χ1) is 7.84. The molecule has 0 unspecified atom stereocenters. The average Bonchev–Trinajstić information content (AvgIpc) is 2.76. The Balaban J connectivity index is 2.17. The summed E-state index contributed by atoms with van der Waals surface area (Å²) in [5.74, 6) is 0.928. The van der Waals surface area contributed by atoms with E-state index in [1.807, 2.05) is 12.1 Å². The molecule has 3 nitrogen and oxygen atoms in total. The van der Waals surface area contributed by atoms with Gasteiger partial charge in [0.05, 0.1) is 12.3 Å². The number of nitrogens with zero attached hydrogens (tertiary/aromatic N) is 2. The van der Waals surface area contributed by atoms with E-state index in [9.17, 15) is 0 Å². The van der Waals surface area contributed by atoms with Crippen LogP contribution in [-0.2, 0) is 6.42 Å². The van der Waals surface area contributed by atoms with Crippen LogP contribution in [-0.4, -0.2) is 16.6 Å². The fraction of sp³-hybridized carbons (Fsp3) is 0.167. The van der Waals surface area contributed by atoms with Crippen LogP contribution in [0.3, 0.4) is 0 Å². The second-order valence-electron chi connectivity index (χ2n) is 3.62. The standard InChI is InChI=1S/C12H9ClN2O/c13-11-6-10(14-7-15-11)9-3-1-2-8-4-5-16-12(8)9/h1-3,6-7H,4-5H2. The molecule has 80 valence electrons. The Morgan fingerprint density at radius 1 is 1.25 bits per heavy atom. The Bertz CT molecular complexity index is 542. The van der Waals surface area contributed by atoms with Gasteiger partial charge in [-0.2, -0.15) is 0 Å². The molecule has 2 aromatic rings. The minimum absolute atomic E-state index is 0.445. The molecule has 2 heterocycles. The highest BCUT2D eigenvalue weighted by molar-refractivity contribution is 6.29. The average molecular weight is 233 g/mol. The smallest absolute Gasteiger partial charge is 0.133 e. The molecule has 0 amide bonds. The van der Waals surface area contributed by atoms with Crippen molar-refractivity contribution >= 4 is 11.6 Å². The molecule has 0 radical (unpaired) electrons. The number of benzene rings is 1. The molecule has 0 atom stereocenters. The summed E-state index contributed by atoms with van der Waals surface area (Å²) in [6.07, 6.45) is 2.42. The third kappa shape index (κ3) is 1.53. The molecule has 3 rings (SSSR count). The molecule has 4 heteroatoms. The van der Waals surface area contributed by atoms with E-state index in [0.717, 1.165) is 30.0 Å². The summed E-state index contributed by atoms with van der Waals surface area (Å²) in [6, 6.07) is 7.83. The molecule has 0 saturated carbocycles. The lowest BCUT2D eigenvalue weighted by Crippen LogP contribution is -1.91. The zero-order chi connectivity index (χ0) is 11.0. The van der Waals surface area contributed by atoms with E-state index in [-0.39, 0.29) is 0 Å². The van der Waals surface area contributed by atoms with Crippen molar-refractivity contribution in [2.75, 3.05) is 6.61 Å². The second kappa shape index (κ2) is 3.76. The molecule has 0 spiro atoms. The van der Waals surface area contributed by atoms with Crippen LogP contribution in [0.15, 0.2) is 30.6 Å². The summed E-state index contributed by atoms with van der Waals surface area (Å²) in [4.78, 5) is 8.08. The maximum Gasteiger partial charge on any atom is 0.133 e. The van der Waals surface area contributed by atoms with Gasteiger partial charge in [-0.05, 0) is 11.6 Å². The summed E-state index contributed by atoms with van der Waals surface area (Å²) >= 11 is 5.85. The molecule has 0 fully saturated rings. The topological polar surface area (TPSA) is 35.0 Å². The summed E-state index contributed by atoms with van der Waals surface area (Å²) in [5, 5.41) is 0.445. The maximum atomic E-state index is 5.85. The zero-order valence-electron chi connectivity index (χ0n) is 8.48. The summed E-state index contributed by atoms with van der Waals surface area (Å²) in [6.45, 7) is 0.741. The number of halogens is 1. The van der Waals surface area contributed by atoms with Gasteiger partial charge in [0.2, 0.25) is 0 Å². The van der Waals surface area contributed by atoms with Crippen molar-refractivity contribution in [2.45, 2.75) is 6.42 Å². The molecule has 0 bridgehead atoms. The van der Waals surface area contributed by atoms with Gasteiger partial charge in [0.15, 0.2) is 0 Å². The molecule has 0 saturated heterocycles. The molecule has 1 aliphatic heterocycles. The number of hydrogen-bond acceptors (Lipinski definition) is 3. The Hall–Kier alpha value is -1.61. The highest BCUT2D eigenvalue weighted by atomic mass is 35.5. The Kier molecular flexibility index (Phi) is 2.26. The van der Waals surface area contributed by atoms with Crippen molar-refractivity contribution in [3.8, 4) is 17.0 Å². The van der Waals surface area contributed by atoms with Gasteiger partial charge >= 0.3 is 0 Å². The predicted molar refractivity (Wildman–Crippen MR) is 61.7 cm³/mol. The van der Waals surface area contributed by atoms with Gasteiger partial charge in [-0.25, -0.2) is 9.97 Å². The Labute approximate surface area is 98.1 Å². The van der Waals surface area contributed by atoms with Gasteiger partial charge in [-0.1, -0.05) is 23.7 Å². The van der Waals surface area contributed by atoms with Crippen molar-refractivity contribution in [1.82, 2.24) is 9.97 Å². The van der Waals surface area contributed by atoms with Crippen LogP contribution in [0, 0.1) is 0 Å². The third-order valence-corrected chi connectivity index (χ3v) is 2.83. The number of fused-ring (bicyclic) bond motifs is 1. The third-order valence-electron chi connectivity index (χ3n) is 2.62. The number of hydrogen-bond donors (Lipinski definition) is 0. The van der Waals surface area contributed by atoms with Gasteiger partial charge in [0, 0.05) is 18.1 Å². The molecule has 1 aromatic carbocycles. The molecular formula is C12H9ClN2O. The maximum absolute atomic E-state index is 5.85. The van der Waals surface area contributed by atoms with E-state index in [4.69, 9.17) is 16.3 Å². The van der Waals surface area contributed by atoms with Crippen LogP contribution >= 0.6 is 11.6 Å². The van der Waals surface area contributed by atoms with Crippen LogP contribution in [0.4, 0.5) is 0 Å². The van der Waals surface area contributed by atoms with Crippen LogP contribution < -0.4 is 4.74 Å². The van der Waals surface area contributed by atoms with E-state index in [1.165, 1.54) is 11.9 Å². The monoisotopic (exact) mass is 232 g/mol. The zero-order valence-corrected chi connectivity index (χ0v) is 9.24. The van der Waals surface area contributed by atoms with Crippen LogP contribution in [0.1, 0.15) is 5.56 Å². The van der Waals surface area contributed by atoms with E-state index >= 15 is 0 Å². The van der Waals surface area contributed by atoms with Gasteiger partial charge in [0.1, 0.15) is 17.2 Å². The van der Waals surface area contributed by atoms with Crippen molar-refractivity contribution < 1.29 is 4.74 Å². The lowest BCUT2D eigenvalue weighted by Gasteiger charge is -2.06. The van der Waals surface area contributed by atoms with E-state index in [2.05, 4.69) is 16.0 Å². The van der Waals surface area contributed by atoms with Crippen molar-refractivity contribution in [3.05, 3.63) is 41.3 Å². The van der Waals surface area contributed by atoms with Crippen LogP contribution in [0.25, 0.3) is 11.3 Å². The molecule has 0 aliphatic carbocycles. The van der Waals surface area contributed by atoms with Gasteiger partial charge in [-0.15, -0.1) is 0 Å². The molecule has 0 N–H and O–H groups in total. The lowest BCUT2D eigenvalue weighted by molar-refractivity contribution is 0.358. The van der Waals surface area contributed by atoms with E-state index in [0.29, 0.717) is 5.15 Å². The first kappa shape index (κ1) is 9.60. The lowest BCUT2D eigenvalue weighted by atomic mass is 10.1. The van der Waals surface area contributed by atoms with Gasteiger partial charge in [-0.3, -0.25) is 0 Å². The van der Waals surface area contributed by atoms with Gasteiger partial charge < -0.3 is 4.74 Å². The summed E-state index contributed by atoms with van der Waals surface area (Å²) in [5.41, 5.74) is 3.02. The number of rotatable bonds is 1. The Morgan fingerprint density at radius 2 is 2.19 bits per heavy atom. The van der Waals surface area contributed by atoms with Crippen LogP contribution in [0.5, 0.6) is 5.75 Å². The second-order valence-corrected chi connectivity index (χ2v) is 4.01. The van der Waals surface area contributed by atoms with E-state index in [1.54, 1.807) is 6.07 Å². The predicted octanol–water partition coefficient (Wildman–Crippen LogP) is 2.73. The number of ether oxygens (including phenoxy) is 1. The first-order valence-corrected chi connectivity index (χ1v) is 5.45. The van der Waals surface area contributed by atoms with Crippen molar-refractivity contribution in [2.24, 2.45) is 0 Å². The van der Waals surface area contributed by atoms with Crippen LogP contribution in [0.2, 0.25) is 5.15 Å². The van der Waals surface area contributed by atoms with E-state index < -0.39 is 0 Å². The molecule has 1 aromatic heterocycles. The molecule has 1 aliphatic rings. The minimum Gasteiger partial charge on any atom is -0.492 e. The highest BCUT2D eigenvalue weighted by Gasteiger charge is 2.17. The van der Waals surface area contributed by atoms with Gasteiger partial charge in [0.25, 0.3) is 0 Å².